The van der Waals surface area contributed by atoms with E-state index >= 15 is 13.7 Å². The average molecular weight is 1780 g/mol. The molecule has 0 radical (unpaired) electrons. The molecular weight excluding hydrogens is 1700 g/mol. The molecule has 0 N–H and O–H groups in total. The Kier molecular flexibility index (Phi) is 18.6. The molecule has 19 aromatic carbocycles. The van der Waals surface area contributed by atoms with Crippen LogP contribution in [0.3, 0.4) is 0 Å². The number of pyridine rings is 2. The smallest absolute Gasteiger partial charge is 0.172 e. The van der Waals surface area contributed by atoms with E-state index in [0.29, 0.717) is 5.82 Å². The number of hydrogen-bond acceptors (Lipinski definition) is 7. The number of nitrogens with zero attached hydrogens (tertiary/aromatic N) is 7. The number of rotatable bonds is 10. The molecule has 0 saturated heterocycles. The van der Waals surface area contributed by atoms with Crippen LogP contribution in [0.2, 0.25) is 0 Å². The van der Waals surface area contributed by atoms with Crippen LogP contribution in [0.25, 0.3) is 193 Å². The van der Waals surface area contributed by atoms with Crippen LogP contribution >= 0.6 is 21.4 Å². The molecule has 0 aliphatic carbocycles. The van der Waals surface area contributed by atoms with Gasteiger partial charge in [0.25, 0.3) is 0 Å². The highest BCUT2D eigenvalue weighted by Crippen LogP contribution is 2.57. The first-order chi connectivity index (χ1) is 66.6. The lowest BCUT2D eigenvalue weighted by Gasteiger charge is -2.16. The summed E-state index contributed by atoms with van der Waals surface area (Å²) < 4.78 is 52.5. The summed E-state index contributed by atoms with van der Waals surface area (Å²) in [5, 5.41) is 18.2. The number of hydrogen-bond donors (Lipinski definition) is 0. The summed E-state index contributed by atoms with van der Waals surface area (Å²) in [4.78, 5) is 18.6. The molecule has 0 amide bonds. The van der Waals surface area contributed by atoms with Crippen LogP contribution in [0.1, 0.15) is 0 Å². The fourth-order valence-electron chi connectivity index (χ4n) is 21.2. The molecule has 135 heavy (non-hydrogen) atoms. The van der Waals surface area contributed by atoms with Crippen molar-refractivity contribution in [2.45, 2.75) is 0 Å². The first-order valence-corrected chi connectivity index (χ1v) is 50.5. The number of benzene rings is 19. The highest BCUT2D eigenvalue weighted by atomic mass is 31.2. The standard InChI is InChI=1S/C45H29N2OP.C39H25N2OP.C38H24N3OP/c48-49(36-10-2-1-3-11-36)44-15-7-5-13-38(44)40-28-43-39(29-45(40)49)37-12-4-6-14-42(37)47(43)35-24-22-31(23-25-35)30-16-18-32(19-17-30)34-21-20-33-9-8-26-46-41(33)27-34;42-43(29-12-2-1-3-13-29)37-18-7-5-15-32(37)34-24-36-33(25-38(34)43)31-14-4-6-17-35(31)41(36)28-21-19-26(20-22-28)30-16-8-10-27-11-9-23-40-39(27)30;42-43(28-11-2-1-3-12-28)36-17-9-6-14-30(36)32-22-35-31(23-37(32)43)29-13-5-8-16-34(29)41(35)27-20-18-25(19-21-27)38-39-24-26-10-4-7-15-33(26)40-38/h1-29H;1-25H;1-24H. The second kappa shape index (κ2) is 31.6. The van der Waals surface area contributed by atoms with E-state index in [2.05, 4.69) is 302 Å². The molecule has 25 aromatic rings. The molecular formula is C122H78N7O3P3. The second-order valence-electron chi connectivity index (χ2n) is 34.9. The van der Waals surface area contributed by atoms with Crippen molar-refractivity contribution >= 4 is 167 Å². The molecule has 634 valence electrons. The van der Waals surface area contributed by atoms with Crippen molar-refractivity contribution in [3.63, 3.8) is 0 Å². The van der Waals surface area contributed by atoms with Gasteiger partial charge in [-0.3, -0.25) is 9.97 Å². The topological polar surface area (TPSA) is 118 Å². The van der Waals surface area contributed by atoms with Crippen LogP contribution in [-0.4, -0.2) is 33.6 Å². The highest BCUT2D eigenvalue weighted by Gasteiger charge is 2.44. The minimum absolute atomic E-state index is 0.707. The predicted octanol–water partition coefficient (Wildman–Crippen LogP) is 26.9. The minimum atomic E-state index is -3.03. The van der Waals surface area contributed by atoms with Crippen LogP contribution in [0, 0.1) is 0 Å². The Morgan fingerprint density at radius 3 is 1.01 bits per heavy atom. The Morgan fingerprint density at radius 2 is 0.548 bits per heavy atom. The lowest BCUT2D eigenvalue weighted by atomic mass is 9.99. The summed E-state index contributed by atoms with van der Waals surface area (Å²) in [5.74, 6) is 0.707. The largest absolute Gasteiger partial charge is 0.309 e. The van der Waals surface area contributed by atoms with Crippen molar-refractivity contribution < 1.29 is 13.7 Å². The zero-order valence-electron chi connectivity index (χ0n) is 72.7. The van der Waals surface area contributed by atoms with E-state index in [9.17, 15) is 0 Å². The molecule has 10 nitrogen and oxygen atoms in total. The molecule has 0 fully saturated rings. The quantitative estimate of drug-likeness (QED) is 0.125. The van der Waals surface area contributed by atoms with Crippen molar-refractivity contribution in [2.24, 2.45) is 0 Å². The van der Waals surface area contributed by atoms with Gasteiger partial charge in [0.2, 0.25) is 0 Å². The Labute approximate surface area is 777 Å². The third-order valence-corrected chi connectivity index (χ3v) is 37.0. The SMILES string of the molecule is O=P1(c2ccccc2)c2ccccc2-c2cc3c(cc21)c1ccccc1n3-c1ccc(-c2ccc(-c3ccc4cccnc4c3)cc2)cc1.O=P1(c2ccccc2)c2ccccc2-c2cc3c(cc21)c1ccccc1n3-c1ccc(-c2cccc3cccnc23)cc1.O=P1(c2ccccc2)c2ccccc2-c2cc3c(cc21)c1ccccc1n3-c1ccc(-c2ncc3ccccc3n2)cc1. The van der Waals surface area contributed by atoms with Gasteiger partial charge in [-0.1, -0.05) is 328 Å². The van der Waals surface area contributed by atoms with Crippen LogP contribution in [0.5, 0.6) is 0 Å². The fraction of sp³-hybridized carbons (Fsp3) is 0. The van der Waals surface area contributed by atoms with Crippen LogP contribution in [-0.2, 0) is 13.7 Å². The van der Waals surface area contributed by atoms with Gasteiger partial charge in [-0.2, -0.15) is 0 Å². The average Bonchev–Trinajstić information content (AvgIpc) is 1.55. The molecule has 13 heteroatoms. The van der Waals surface area contributed by atoms with Gasteiger partial charge in [0, 0.05) is 143 Å². The van der Waals surface area contributed by atoms with E-state index in [1.807, 2.05) is 201 Å². The Hall–Kier alpha value is -16.6. The van der Waals surface area contributed by atoms with Crippen molar-refractivity contribution in [3.8, 4) is 95.2 Å². The summed E-state index contributed by atoms with van der Waals surface area (Å²) in [6.45, 7) is 0. The van der Waals surface area contributed by atoms with Gasteiger partial charge in [0.1, 0.15) is 0 Å². The summed E-state index contributed by atoms with van der Waals surface area (Å²) in [7, 11) is -9.09. The van der Waals surface area contributed by atoms with Crippen LogP contribution in [0.15, 0.2) is 474 Å². The molecule has 0 saturated carbocycles. The summed E-state index contributed by atoms with van der Waals surface area (Å²) in [5.41, 5.74) is 27.0. The zero-order valence-corrected chi connectivity index (χ0v) is 75.4. The first-order valence-electron chi connectivity index (χ1n) is 45.4. The number of aromatic nitrogens is 7. The molecule has 0 bridgehead atoms. The van der Waals surface area contributed by atoms with Gasteiger partial charge in [0.15, 0.2) is 27.3 Å². The summed E-state index contributed by atoms with van der Waals surface area (Å²) in [6, 6.07) is 157. The predicted molar refractivity (Wildman–Crippen MR) is 563 cm³/mol. The number of para-hydroxylation sites is 5. The van der Waals surface area contributed by atoms with Gasteiger partial charge in [0.05, 0.1) is 49.7 Å². The van der Waals surface area contributed by atoms with Crippen molar-refractivity contribution in [1.82, 2.24) is 33.6 Å². The maximum Gasteiger partial charge on any atom is 0.172 e. The third-order valence-electron chi connectivity index (χ3n) is 27.6. The van der Waals surface area contributed by atoms with Crippen LogP contribution in [0.4, 0.5) is 0 Å². The van der Waals surface area contributed by atoms with Gasteiger partial charge in [-0.25, -0.2) is 9.97 Å². The summed E-state index contributed by atoms with van der Waals surface area (Å²) in [6.07, 6.45) is 5.57. The monoisotopic (exact) mass is 1780 g/mol. The Bertz CT molecular complexity index is 9330. The molecule has 3 aliphatic rings. The van der Waals surface area contributed by atoms with E-state index < -0.39 is 21.4 Å². The Morgan fingerprint density at radius 1 is 0.200 bits per heavy atom. The molecule has 6 aromatic heterocycles. The van der Waals surface area contributed by atoms with Crippen molar-refractivity contribution in [3.05, 3.63) is 474 Å². The molecule has 3 aliphatic heterocycles. The minimum Gasteiger partial charge on any atom is -0.309 e. The van der Waals surface area contributed by atoms with Gasteiger partial charge >= 0.3 is 0 Å². The normalized spacial score (nSPS) is 15.4. The van der Waals surface area contributed by atoms with E-state index in [1.165, 1.54) is 11.1 Å². The van der Waals surface area contributed by atoms with Gasteiger partial charge in [-0.15, -0.1) is 0 Å². The van der Waals surface area contributed by atoms with Gasteiger partial charge in [-0.05, 0) is 189 Å². The lowest BCUT2D eigenvalue weighted by molar-refractivity contribution is 0.592. The maximum atomic E-state index is 15.2. The number of fused-ring (bicyclic) bond motifs is 21. The van der Waals surface area contributed by atoms with Crippen molar-refractivity contribution in [1.29, 1.82) is 0 Å². The van der Waals surface area contributed by atoms with Crippen molar-refractivity contribution in [2.75, 3.05) is 0 Å². The maximum absolute atomic E-state index is 15.2. The lowest BCUT2D eigenvalue weighted by Crippen LogP contribution is -2.20. The van der Waals surface area contributed by atoms with E-state index in [4.69, 9.17) is 4.98 Å². The Balaban J connectivity index is 0.000000106. The second-order valence-corrected chi connectivity index (χ2v) is 43.0. The molecule has 3 unspecified atom stereocenters. The third kappa shape index (κ3) is 12.6. The first kappa shape index (κ1) is 79.4. The van der Waals surface area contributed by atoms with E-state index in [1.54, 1.807) is 0 Å². The molecule has 3 atom stereocenters. The van der Waals surface area contributed by atoms with E-state index in [0.717, 1.165) is 224 Å². The molecule has 9 heterocycles. The van der Waals surface area contributed by atoms with E-state index in [-0.39, 0.29) is 0 Å². The fourth-order valence-corrected chi connectivity index (χ4v) is 30.5. The summed E-state index contributed by atoms with van der Waals surface area (Å²) >= 11 is 0. The van der Waals surface area contributed by atoms with Crippen LogP contribution < -0.4 is 47.7 Å². The van der Waals surface area contributed by atoms with Gasteiger partial charge < -0.3 is 27.4 Å². The highest BCUT2D eigenvalue weighted by molar-refractivity contribution is 7.87. The molecule has 28 rings (SSSR count). The zero-order chi connectivity index (χ0) is 89.6. The molecule has 0 spiro atoms.